The number of aromatic nitrogens is 1. The number of H-pyrrole nitrogens is 1. The fourth-order valence-corrected chi connectivity index (χ4v) is 2.47. The van der Waals surface area contributed by atoms with Crippen LogP contribution in [0.4, 0.5) is 5.69 Å². The Bertz CT molecular complexity index is 800. The summed E-state index contributed by atoms with van der Waals surface area (Å²) < 4.78 is 5.64. The molecule has 0 aliphatic carbocycles. The van der Waals surface area contributed by atoms with Crippen LogP contribution in [0.15, 0.2) is 18.2 Å². The Morgan fingerprint density at radius 1 is 1.25 bits per heavy atom. The molecule has 0 saturated heterocycles. The SMILES string of the molecule is Cc1[nH]c(C(=O)Nc2cc(C(N)=O)ccc2OC(C)C)c(Cl)c1Cl. The first-order valence-corrected chi connectivity index (χ1v) is 7.91. The number of nitrogens with two attached hydrogens (primary N) is 1. The van der Waals surface area contributed by atoms with Crippen molar-refractivity contribution < 1.29 is 14.3 Å². The molecule has 2 aromatic rings. The molecule has 0 spiro atoms. The van der Waals surface area contributed by atoms with Gasteiger partial charge in [0.1, 0.15) is 11.4 Å². The van der Waals surface area contributed by atoms with E-state index < -0.39 is 11.8 Å². The summed E-state index contributed by atoms with van der Waals surface area (Å²) in [6, 6.07) is 4.55. The number of hydrogen-bond donors (Lipinski definition) is 3. The van der Waals surface area contributed by atoms with Gasteiger partial charge in [-0.25, -0.2) is 0 Å². The number of aromatic amines is 1. The van der Waals surface area contributed by atoms with Gasteiger partial charge >= 0.3 is 0 Å². The third-order valence-electron chi connectivity index (χ3n) is 3.16. The van der Waals surface area contributed by atoms with Gasteiger partial charge in [0.25, 0.3) is 5.91 Å². The second-order valence-corrected chi connectivity index (χ2v) is 6.20. The number of benzene rings is 1. The molecular formula is C16H17Cl2N3O3. The van der Waals surface area contributed by atoms with Crippen LogP contribution in [0.5, 0.6) is 5.75 Å². The third kappa shape index (κ3) is 3.83. The van der Waals surface area contributed by atoms with Crippen molar-refractivity contribution in [2.24, 2.45) is 5.73 Å². The Balaban J connectivity index is 2.38. The van der Waals surface area contributed by atoms with Gasteiger partial charge in [-0.1, -0.05) is 23.2 Å². The van der Waals surface area contributed by atoms with Crippen molar-refractivity contribution in [1.82, 2.24) is 4.98 Å². The zero-order valence-electron chi connectivity index (χ0n) is 13.4. The molecule has 1 aromatic carbocycles. The number of rotatable bonds is 5. The van der Waals surface area contributed by atoms with Crippen LogP contribution in [-0.2, 0) is 0 Å². The van der Waals surface area contributed by atoms with Gasteiger partial charge in [-0.3, -0.25) is 9.59 Å². The maximum absolute atomic E-state index is 12.5. The predicted octanol–water partition coefficient (Wildman–Crippen LogP) is 3.77. The molecule has 0 fully saturated rings. The molecule has 4 N–H and O–H groups in total. The van der Waals surface area contributed by atoms with Gasteiger partial charge in [0.05, 0.1) is 21.8 Å². The molecule has 0 aliphatic rings. The summed E-state index contributed by atoms with van der Waals surface area (Å²) in [5.74, 6) is -0.711. The number of amides is 2. The molecule has 6 nitrogen and oxygen atoms in total. The Kier molecular flexibility index (Phi) is 5.41. The lowest BCUT2D eigenvalue weighted by molar-refractivity contribution is 0.0995. The molecule has 0 radical (unpaired) electrons. The first-order valence-electron chi connectivity index (χ1n) is 7.16. The Labute approximate surface area is 149 Å². The van der Waals surface area contributed by atoms with Gasteiger partial charge in [0.2, 0.25) is 5.91 Å². The number of anilines is 1. The summed E-state index contributed by atoms with van der Waals surface area (Å²) in [6.07, 6.45) is -0.120. The van der Waals surface area contributed by atoms with E-state index in [1.54, 1.807) is 13.0 Å². The Hall–Kier alpha value is -2.18. The zero-order valence-corrected chi connectivity index (χ0v) is 14.9. The van der Waals surface area contributed by atoms with Crippen LogP contribution >= 0.6 is 23.2 Å². The van der Waals surface area contributed by atoms with Crippen LogP contribution in [-0.4, -0.2) is 22.9 Å². The van der Waals surface area contributed by atoms with Crippen molar-refractivity contribution >= 4 is 40.7 Å². The second-order valence-electron chi connectivity index (χ2n) is 5.45. The van der Waals surface area contributed by atoms with Crippen LogP contribution in [0, 0.1) is 6.92 Å². The lowest BCUT2D eigenvalue weighted by atomic mass is 10.1. The average molecular weight is 370 g/mol. The average Bonchev–Trinajstić information content (AvgIpc) is 2.76. The number of hydrogen-bond acceptors (Lipinski definition) is 3. The van der Waals surface area contributed by atoms with Gasteiger partial charge in [-0.15, -0.1) is 0 Å². The van der Waals surface area contributed by atoms with Gasteiger partial charge in [-0.05, 0) is 39.0 Å². The number of aryl methyl sites for hydroxylation is 1. The number of ether oxygens (including phenoxy) is 1. The lowest BCUT2D eigenvalue weighted by Crippen LogP contribution is -2.17. The minimum absolute atomic E-state index is 0.120. The molecule has 1 aromatic heterocycles. The van der Waals surface area contributed by atoms with Crippen LogP contribution in [0.2, 0.25) is 10.0 Å². The summed E-state index contributed by atoms with van der Waals surface area (Å²) in [5.41, 5.74) is 6.54. The van der Waals surface area contributed by atoms with Crippen molar-refractivity contribution in [2.45, 2.75) is 26.9 Å². The van der Waals surface area contributed by atoms with E-state index in [1.807, 2.05) is 13.8 Å². The minimum Gasteiger partial charge on any atom is -0.489 e. The molecule has 8 heteroatoms. The van der Waals surface area contributed by atoms with E-state index in [-0.39, 0.29) is 27.4 Å². The number of carbonyl (C=O) groups is 2. The summed E-state index contributed by atoms with van der Waals surface area (Å²) in [6.45, 7) is 5.39. The van der Waals surface area contributed by atoms with Crippen molar-refractivity contribution in [3.05, 3.63) is 45.2 Å². The molecule has 0 saturated carbocycles. The smallest absolute Gasteiger partial charge is 0.273 e. The summed E-state index contributed by atoms with van der Waals surface area (Å²) in [5, 5.41) is 3.08. The Morgan fingerprint density at radius 2 is 1.92 bits per heavy atom. The van der Waals surface area contributed by atoms with Crippen LogP contribution < -0.4 is 15.8 Å². The van der Waals surface area contributed by atoms with Crippen molar-refractivity contribution in [3.63, 3.8) is 0 Å². The maximum Gasteiger partial charge on any atom is 0.273 e. The molecule has 0 unspecified atom stereocenters. The topological polar surface area (TPSA) is 97.2 Å². The standard InChI is InChI=1S/C16H17Cl2N3O3/c1-7(2)24-11-5-4-9(15(19)22)6-10(11)21-16(23)14-13(18)12(17)8(3)20-14/h4-7,20H,1-3H3,(H2,19,22)(H,21,23). The molecule has 128 valence electrons. The van der Waals surface area contributed by atoms with Crippen LogP contribution in [0.25, 0.3) is 0 Å². The van der Waals surface area contributed by atoms with E-state index in [0.717, 1.165) is 0 Å². The highest BCUT2D eigenvalue weighted by molar-refractivity contribution is 6.44. The van der Waals surface area contributed by atoms with Gasteiger partial charge in [-0.2, -0.15) is 0 Å². The molecular weight excluding hydrogens is 353 g/mol. The number of primary amides is 1. The molecule has 2 rings (SSSR count). The largest absolute Gasteiger partial charge is 0.489 e. The van der Waals surface area contributed by atoms with Crippen molar-refractivity contribution in [1.29, 1.82) is 0 Å². The summed E-state index contributed by atoms with van der Waals surface area (Å²) >= 11 is 12.0. The van der Waals surface area contributed by atoms with E-state index in [2.05, 4.69) is 10.3 Å². The molecule has 0 aliphatic heterocycles. The summed E-state index contributed by atoms with van der Waals surface area (Å²) in [7, 11) is 0. The lowest BCUT2D eigenvalue weighted by Gasteiger charge is -2.15. The van der Waals surface area contributed by atoms with Gasteiger partial charge < -0.3 is 20.8 Å². The maximum atomic E-state index is 12.5. The highest BCUT2D eigenvalue weighted by Gasteiger charge is 2.20. The molecule has 0 atom stereocenters. The first-order chi connectivity index (χ1) is 11.2. The monoisotopic (exact) mass is 369 g/mol. The molecule has 0 bridgehead atoms. The number of halogens is 2. The predicted molar refractivity (Wildman–Crippen MR) is 94.2 cm³/mol. The normalized spacial score (nSPS) is 10.8. The fourth-order valence-electron chi connectivity index (χ4n) is 2.05. The Morgan fingerprint density at radius 3 is 2.42 bits per heavy atom. The number of nitrogens with one attached hydrogen (secondary N) is 2. The third-order valence-corrected chi connectivity index (χ3v) is 4.10. The highest BCUT2D eigenvalue weighted by atomic mass is 35.5. The zero-order chi connectivity index (χ0) is 18.0. The number of carbonyl (C=O) groups excluding carboxylic acids is 2. The minimum atomic E-state index is -0.613. The van der Waals surface area contributed by atoms with Gasteiger partial charge in [0, 0.05) is 11.3 Å². The highest BCUT2D eigenvalue weighted by Crippen LogP contribution is 2.31. The van der Waals surface area contributed by atoms with Crippen molar-refractivity contribution in [2.75, 3.05) is 5.32 Å². The van der Waals surface area contributed by atoms with E-state index in [9.17, 15) is 9.59 Å². The van der Waals surface area contributed by atoms with Crippen molar-refractivity contribution in [3.8, 4) is 5.75 Å². The molecule has 24 heavy (non-hydrogen) atoms. The molecule has 2 amide bonds. The molecule has 1 heterocycles. The van der Waals surface area contributed by atoms with E-state index in [0.29, 0.717) is 17.1 Å². The van der Waals surface area contributed by atoms with Gasteiger partial charge in [0.15, 0.2) is 0 Å². The first kappa shape index (κ1) is 18.2. The summed E-state index contributed by atoms with van der Waals surface area (Å²) in [4.78, 5) is 26.7. The quantitative estimate of drug-likeness (QED) is 0.747. The van der Waals surface area contributed by atoms with E-state index in [4.69, 9.17) is 33.7 Å². The van der Waals surface area contributed by atoms with E-state index >= 15 is 0 Å². The van der Waals surface area contributed by atoms with Crippen LogP contribution in [0.1, 0.15) is 40.4 Å². The van der Waals surface area contributed by atoms with E-state index in [1.165, 1.54) is 12.1 Å². The van der Waals surface area contributed by atoms with Crippen LogP contribution in [0.3, 0.4) is 0 Å². The second kappa shape index (κ2) is 7.15. The fraction of sp³-hybridized carbons (Fsp3) is 0.250.